The quantitative estimate of drug-likeness (QED) is 0.895. The number of amides is 1. The van der Waals surface area contributed by atoms with E-state index in [4.69, 9.17) is 9.15 Å². The number of piperidine rings is 1. The van der Waals surface area contributed by atoms with Crippen molar-refractivity contribution in [3.63, 3.8) is 0 Å². The summed E-state index contributed by atoms with van der Waals surface area (Å²) in [7, 11) is 0. The number of furan rings is 1. The zero-order valence-electron chi connectivity index (χ0n) is 15.9. The van der Waals surface area contributed by atoms with E-state index in [1.807, 2.05) is 39.5 Å². The molecule has 2 atom stereocenters. The Morgan fingerprint density at radius 1 is 1.46 bits per heavy atom. The van der Waals surface area contributed by atoms with Gasteiger partial charge in [-0.1, -0.05) is 0 Å². The highest BCUT2D eigenvalue weighted by molar-refractivity contribution is 5.68. The molecule has 136 valence electrons. The van der Waals surface area contributed by atoms with Crippen LogP contribution in [0.4, 0.5) is 4.79 Å². The lowest BCUT2D eigenvalue weighted by Gasteiger charge is -2.34. The van der Waals surface area contributed by atoms with Crippen molar-refractivity contribution < 1.29 is 13.9 Å². The Hall–Kier alpha value is -1.49. The number of aryl methyl sites for hydroxylation is 2. The standard InChI is InChI=1S/C19H32N2O3/c1-13-10-17(15(3)23-13)14(2)20-11-16-8-7-9-21(12-16)18(22)24-19(4,5)6/h10,14,16,20H,7-9,11-12H2,1-6H3. The Balaban J connectivity index is 1.84. The maximum atomic E-state index is 12.2. The lowest BCUT2D eigenvalue weighted by molar-refractivity contribution is 0.0165. The van der Waals surface area contributed by atoms with E-state index >= 15 is 0 Å². The molecule has 1 fully saturated rings. The zero-order valence-corrected chi connectivity index (χ0v) is 15.9. The second-order valence-corrected chi connectivity index (χ2v) is 7.93. The summed E-state index contributed by atoms with van der Waals surface area (Å²) in [6, 6.07) is 2.35. The molecule has 1 amide bonds. The Bertz CT molecular complexity index is 559. The van der Waals surface area contributed by atoms with Gasteiger partial charge in [0.15, 0.2) is 0 Å². The SMILES string of the molecule is Cc1cc(C(C)NCC2CCCN(C(=O)OC(C)(C)C)C2)c(C)o1. The van der Waals surface area contributed by atoms with E-state index in [2.05, 4.69) is 18.3 Å². The van der Waals surface area contributed by atoms with Crippen molar-refractivity contribution in [2.45, 2.75) is 66.0 Å². The van der Waals surface area contributed by atoms with Crippen LogP contribution in [0.15, 0.2) is 10.5 Å². The summed E-state index contributed by atoms with van der Waals surface area (Å²) < 4.78 is 11.1. The van der Waals surface area contributed by atoms with Gasteiger partial charge in [0, 0.05) is 31.2 Å². The molecule has 0 saturated carbocycles. The number of carbonyl (C=O) groups is 1. The van der Waals surface area contributed by atoms with Crippen molar-refractivity contribution in [3.05, 3.63) is 23.2 Å². The van der Waals surface area contributed by atoms with Crippen molar-refractivity contribution in [1.29, 1.82) is 0 Å². The highest BCUT2D eigenvalue weighted by atomic mass is 16.6. The molecule has 1 saturated heterocycles. The van der Waals surface area contributed by atoms with Crippen LogP contribution in [0.1, 0.15) is 63.7 Å². The van der Waals surface area contributed by atoms with Gasteiger partial charge >= 0.3 is 6.09 Å². The molecule has 1 aliphatic rings. The minimum atomic E-state index is -0.437. The molecule has 2 rings (SSSR count). The number of ether oxygens (including phenoxy) is 1. The molecule has 5 nitrogen and oxygen atoms in total. The third-order valence-corrected chi connectivity index (χ3v) is 4.43. The Kier molecular flexibility index (Phi) is 5.97. The first kappa shape index (κ1) is 18.8. The monoisotopic (exact) mass is 336 g/mol. The molecule has 0 radical (unpaired) electrons. The van der Waals surface area contributed by atoms with E-state index in [-0.39, 0.29) is 12.1 Å². The van der Waals surface area contributed by atoms with Gasteiger partial charge < -0.3 is 19.4 Å². The molecular formula is C19H32N2O3. The molecular weight excluding hydrogens is 304 g/mol. The molecule has 5 heteroatoms. The summed E-state index contributed by atoms with van der Waals surface area (Å²) in [5.74, 6) is 2.39. The van der Waals surface area contributed by atoms with Crippen LogP contribution in [-0.4, -0.2) is 36.2 Å². The van der Waals surface area contributed by atoms with Crippen LogP contribution in [0.3, 0.4) is 0 Å². The summed E-state index contributed by atoms with van der Waals surface area (Å²) in [6.45, 7) is 14.3. The summed E-state index contributed by atoms with van der Waals surface area (Å²) in [5.41, 5.74) is 0.778. The summed E-state index contributed by atoms with van der Waals surface area (Å²) in [5, 5.41) is 3.59. The van der Waals surface area contributed by atoms with Crippen molar-refractivity contribution in [2.75, 3.05) is 19.6 Å². The average Bonchev–Trinajstić information content (AvgIpc) is 2.82. The van der Waals surface area contributed by atoms with Crippen molar-refractivity contribution in [3.8, 4) is 0 Å². The van der Waals surface area contributed by atoms with E-state index < -0.39 is 5.60 Å². The molecule has 24 heavy (non-hydrogen) atoms. The molecule has 1 aromatic heterocycles. The van der Waals surface area contributed by atoms with Crippen molar-refractivity contribution in [2.24, 2.45) is 5.92 Å². The average molecular weight is 336 g/mol. The maximum absolute atomic E-state index is 12.2. The van der Waals surface area contributed by atoms with Crippen LogP contribution in [0.5, 0.6) is 0 Å². The van der Waals surface area contributed by atoms with E-state index in [9.17, 15) is 4.79 Å². The molecule has 0 aromatic carbocycles. The predicted octanol–water partition coefficient (Wildman–Crippen LogP) is 4.19. The third-order valence-electron chi connectivity index (χ3n) is 4.43. The zero-order chi connectivity index (χ0) is 17.9. The first-order valence-electron chi connectivity index (χ1n) is 8.94. The maximum Gasteiger partial charge on any atom is 0.410 e. The largest absolute Gasteiger partial charge is 0.466 e. The van der Waals surface area contributed by atoms with Gasteiger partial charge in [0.05, 0.1) is 0 Å². The van der Waals surface area contributed by atoms with Crippen LogP contribution in [0.2, 0.25) is 0 Å². The Morgan fingerprint density at radius 3 is 2.75 bits per heavy atom. The number of likely N-dealkylation sites (tertiary alicyclic amines) is 1. The number of nitrogens with zero attached hydrogens (tertiary/aromatic N) is 1. The normalized spacial score (nSPS) is 20.1. The predicted molar refractivity (Wildman–Crippen MR) is 95.1 cm³/mol. The van der Waals surface area contributed by atoms with Gasteiger partial charge in [-0.3, -0.25) is 0 Å². The molecule has 0 spiro atoms. The van der Waals surface area contributed by atoms with Crippen LogP contribution in [0, 0.1) is 19.8 Å². The Morgan fingerprint density at radius 2 is 2.17 bits per heavy atom. The van der Waals surface area contributed by atoms with Crippen LogP contribution < -0.4 is 5.32 Å². The van der Waals surface area contributed by atoms with Gasteiger partial charge in [-0.05, 0) is 66.4 Å². The lowest BCUT2D eigenvalue weighted by atomic mass is 9.97. The highest BCUT2D eigenvalue weighted by Crippen LogP contribution is 2.23. The summed E-state index contributed by atoms with van der Waals surface area (Å²) >= 11 is 0. The molecule has 1 aliphatic heterocycles. The lowest BCUT2D eigenvalue weighted by Crippen LogP contribution is -2.45. The summed E-state index contributed by atoms with van der Waals surface area (Å²) in [4.78, 5) is 14.1. The fourth-order valence-electron chi connectivity index (χ4n) is 3.26. The number of carbonyl (C=O) groups excluding carboxylic acids is 1. The van der Waals surface area contributed by atoms with E-state index in [0.717, 1.165) is 44.0 Å². The molecule has 2 unspecified atom stereocenters. The second kappa shape index (κ2) is 7.60. The number of hydrogen-bond acceptors (Lipinski definition) is 4. The molecule has 0 aliphatic carbocycles. The van der Waals surface area contributed by atoms with Gasteiger partial charge in [-0.15, -0.1) is 0 Å². The van der Waals surface area contributed by atoms with E-state index in [1.54, 1.807) is 0 Å². The summed E-state index contributed by atoms with van der Waals surface area (Å²) in [6.07, 6.45) is 1.98. The van der Waals surface area contributed by atoms with Crippen LogP contribution in [0.25, 0.3) is 0 Å². The molecule has 1 aromatic rings. The third kappa shape index (κ3) is 5.26. The van der Waals surface area contributed by atoms with Crippen LogP contribution in [-0.2, 0) is 4.74 Å². The van der Waals surface area contributed by atoms with Crippen molar-refractivity contribution in [1.82, 2.24) is 10.2 Å². The molecule has 0 bridgehead atoms. The van der Waals surface area contributed by atoms with Crippen molar-refractivity contribution >= 4 is 6.09 Å². The first-order chi connectivity index (χ1) is 11.2. The Labute approximate surface area is 145 Å². The second-order valence-electron chi connectivity index (χ2n) is 7.93. The minimum Gasteiger partial charge on any atom is -0.466 e. The fraction of sp³-hybridized carbons (Fsp3) is 0.737. The molecule has 1 N–H and O–H groups in total. The fourth-order valence-corrected chi connectivity index (χ4v) is 3.26. The first-order valence-corrected chi connectivity index (χ1v) is 8.94. The molecule has 2 heterocycles. The number of hydrogen-bond donors (Lipinski definition) is 1. The number of nitrogens with one attached hydrogen (secondary N) is 1. The van der Waals surface area contributed by atoms with E-state index in [0.29, 0.717) is 5.92 Å². The van der Waals surface area contributed by atoms with Gasteiger partial charge in [0.2, 0.25) is 0 Å². The van der Waals surface area contributed by atoms with Gasteiger partial charge in [-0.2, -0.15) is 0 Å². The minimum absolute atomic E-state index is 0.193. The highest BCUT2D eigenvalue weighted by Gasteiger charge is 2.27. The smallest absolute Gasteiger partial charge is 0.410 e. The van der Waals surface area contributed by atoms with Gasteiger partial charge in [0.1, 0.15) is 17.1 Å². The van der Waals surface area contributed by atoms with Gasteiger partial charge in [0.25, 0.3) is 0 Å². The van der Waals surface area contributed by atoms with Gasteiger partial charge in [-0.25, -0.2) is 4.79 Å². The number of rotatable bonds is 4. The van der Waals surface area contributed by atoms with Crippen LogP contribution >= 0.6 is 0 Å². The van der Waals surface area contributed by atoms with E-state index in [1.165, 1.54) is 5.56 Å². The topological polar surface area (TPSA) is 54.7 Å².